The molecule has 0 saturated heterocycles. The van der Waals surface area contributed by atoms with Crippen molar-refractivity contribution in [1.82, 2.24) is 0 Å². The Morgan fingerprint density at radius 2 is 1.77 bits per heavy atom. The number of anilines is 1. The van der Waals surface area contributed by atoms with Gasteiger partial charge in [-0.2, -0.15) is 0 Å². The van der Waals surface area contributed by atoms with Crippen molar-refractivity contribution in [3.8, 4) is 5.75 Å². The molecule has 0 aliphatic carbocycles. The summed E-state index contributed by atoms with van der Waals surface area (Å²) < 4.78 is 32.1. The van der Waals surface area contributed by atoms with E-state index < -0.39 is 16.0 Å². The number of hydrogen-bond acceptors (Lipinski definition) is 4. The second-order valence-corrected chi connectivity index (χ2v) is 6.32. The average molecular weight is 321 g/mol. The molecule has 0 atom stereocenters. The monoisotopic (exact) mass is 321 g/mol. The fourth-order valence-electron chi connectivity index (χ4n) is 1.83. The molecule has 22 heavy (non-hydrogen) atoms. The zero-order valence-electron chi connectivity index (χ0n) is 12.0. The molecule has 0 amide bonds. The molecule has 116 valence electrons. The van der Waals surface area contributed by atoms with Crippen LogP contribution in [0.5, 0.6) is 5.75 Å². The van der Waals surface area contributed by atoms with Gasteiger partial charge >= 0.3 is 5.97 Å². The van der Waals surface area contributed by atoms with Gasteiger partial charge in [-0.25, -0.2) is 13.2 Å². The molecule has 0 bridgehead atoms. The fraction of sp³-hybridized carbons (Fsp3) is 0.133. The lowest BCUT2D eigenvalue weighted by atomic mass is 10.2. The van der Waals surface area contributed by atoms with E-state index in [0.29, 0.717) is 0 Å². The Bertz CT molecular complexity index is 797. The molecule has 2 N–H and O–H groups in total. The first-order chi connectivity index (χ1) is 10.3. The Balaban J connectivity index is 2.37. The van der Waals surface area contributed by atoms with Crippen molar-refractivity contribution in [3.63, 3.8) is 0 Å². The molecule has 6 nitrogen and oxygen atoms in total. The molecule has 0 aromatic heterocycles. The number of carbonyl (C=O) groups is 1. The van der Waals surface area contributed by atoms with Crippen molar-refractivity contribution < 1.29 is 23.1 Å². The van der Waals surface area contributed by atoms with Gasteiger partial charge < -0.3 is 9.84 Å². The summed E-state index contributed by atoms with van der Waals surface area (Å²) >= 11 is 0. The topological polar surface area (TPSA) is 92.7 Å². The molecule has 0 saturated carbocycles. The van der Waals surface area contributed by atoms with Crippen LogP contribution in [0.4, 0.5) is 5.69 Å². The first kappa shape index (κ1) is 15.8. The maximum absolute atomic E-state index is 12.3. The van der Waals surface area contributed by atoms with Crippen LogP contribution < -0.4 is 9.46 Å². The number of aryl methyl sites for hydroxylation is 1. The molecule has 0 heterocycles. The van der Waals surface area contributed by atoms with Crippen molar-refractivity contribution in [2.24, 2.45) is 0 Å². The molecular formula is C15H15NO5S. The van der Waals surface area contributed by atoms with Gasteiger partial charge in [-0.15, -0.1) is 0 Å². The van der Waals surface area contributed by atoms with E-state index in [1.807, 2.05) is 6.92 Å². The largest absolute Gasteiger partial charge is 0.495 e. The third-order valence-corrected chi connectivity index (χ3v) is 4.41. The lowest BCUT2D eigenvalue weighted by Gasteiger charge is -2.12. The predicted octanol–water partition coefficient (Wildman–Crippen LogP) is 2.50. The molecule has 0 spiro atoms. The molecule has 2 aromatic carbocycles. The lowest BCUT2D eigenvalue weighted by Crippen LogP contribution is -2.14. The number of carboxylic acids is 1. The zero-order chi connectivity index (χ0) is 16.3. The van der Waals surface area contributed by atoms with Crippen molar-refractivity contribution >= 4 is 21.7 Å². The van der Waals surface area contributed by atoms with Gasteiger partial charge in [-0.1, -0.05) is 17.7 Å². The smallest absolute Gasteiger partial charge is 0.335 e. The summed E-state index contributed by atoms with van der Waals surface area (Å²) in [4.78, 5) is 11.0. The van der Waals surface area contributed by atoms with Gasteiger partial charge in [0.15, 0.2) is 0 Å². The third kappa shape index (κ3) is 3.37. The number of carboxylic acid groups (broad SMARTS) is 1. The van der Waals surface area contributed by atoms with E-state index in [1.165, 1.54) is 37.4 Å². The summed E-state index contributed by atoms with van der Waals surface area (Å²) in [6, 6.07) is 10.3. The second-order valence-electron chi connectivity index (χ2n) is 4.64. The van der Waals surface area contributed by atoms with Crippen molar-refractivity contribution in [2.75, 3.05) is 11.8 Å². The highest BCUT2D eigenvalue weighted by atomic mass is 32.2. The van der Waals surface area contributed by atoms with E-state index in [4.69, 9.17) is 9.84 Å². The van der Waals surface area contributed by atoms with Crippen molar-refractivity contribution in [3.05, 3.63) is 53.6 Å². The number of rotatable bonds is 5. The van der Waals surface area contributed by atoms with Crippen LogP contribution in [0.2, 0.25) is 0 Å². The molecule has 7 heteroatoms. The summed E-state index contributed by atoms with van der Waals surface area (Å²) in [5, 5.41) is 8.94. The number of hydrogen-bond donors (Lipinski definition) is 2. The molecule has 2 aromatic rings. The van der Waals surface area contributed by atoms with E-state index in [9.17, 15) is 13.2 Å². The minimum atomic E-state index is -3.77. The van der Waals surface area contributed by atoms with Crippen LogP contribution in [-0.2, 0) is 10.0 Å². The third-order valence-electron chi connectivity index (χ3n) is 3.02. The highest BCUT2D eigenvalue weighted by Gasteiger charge is 2.17. The van der Waals surface area contributed by atoms with Crippen LogP contribution >= 0.6 is 0 Å². The first-order valence-electron chi connectivity index (χ1n) is 6.34. The molecule has 0 aliphatic heterocycles. The Morgan fingerprint density at radius 1 is 1.14 bits per heavy atom. The van der Waals surface area contributed by atoms with Gasteiger partial charge in [-0.3, -0.25) is 4.72 Å². The van der Waals surface area contributed by atoms with Crippen LogP contribution in [-0.4, -0.2) is 26.6 Å². The summed E-state index contributed by atoms with van der Waals surface area (Å²) in [5.41, 5.74) is 1.13. The van der Waals surface area contributed by atoms with Gasteiger partial charge in [0.25, 0.3) is 10.0 Å². The number of benzene rings is 2. The number of ether oxygens (including phenoxy) is 1. The summed E-state index contributed by atoms with van der Waals surface area (Å²) in [6.07, 6.45) is 0. The number of methoxy groups -OCH3 is 1. The summed E-state index contributed by atoms with van der Waals surface area (Å²) in [5.74, 6) is -0.984. The number of sulfonamides is 1. The van der Waals surface area contributed by atoms with Crippen molar-refractivity contribution in [2.45, 2.75) is 11.8 Å². The van der Waals surface area contributed by atoms with E-state index in [-0.39, 0.29) is 21.9 Å². The quantitative estimate of drug-likeness (QED) is 0.882. The highest BCUT2D eigenvalue weighted by Crippen LogP contribution is 2.28. The van der Waals surface area contributed by atoms with Gasteiger partial charge in [0.1, 0.15) is 5.75 Å². The Kier molecular flexibility index (Phi) is 4.37. The van der Waals surface area contributed by atoms with Crippen LogP contribution in [0, 0.1) is 6.92 Å². The van der Waals surface area contributed by atoms with E-state index >= 15 is 0 Å². The minimum Gasteiger partial charge on any atom is -0.495 e. The predicted molar refractivity (Wildman–Crippen MR) is 81.9 cm³/mol. The fourth-order valence-corrected chi connectivity index (χ4v) is 2.90. The molecule has 0 fully saturated rings. The SMILES string of the molecule is COc1cc(C(=O)O)ccc1NS(=O)(=O)c1ccc(C)cc1. The molecular weight excluding hydrogens is 306 g/mol. The Hall–Kier alpha value is -2.54. The van der Waals surface area contributed by atoms with Crippen LogP contribution in [0.15, 0.2) is 47.4 Å². The van der Waals surface area contributed by atoms with Crippen molar-refractivity contribution in [1.29, 1.82) is 0 Å². The summed E-state index contributed by atoms with van der Waals surface area (Å²) in [7, 11) is -2.44. The molecule has 0 unspecified atom stereocenters. The maximum atomic E-state index is 12.3. The lowest BCUT2D eigenvalue weighted by molar-refractivity contribution is 0.0696. The minimum absolute atomic E-state index is 0.00938. The first-order valence-corrected chi connectivity index (χ1v) is 7.82. The van der Waals surface area contributed by atoms with Gasteiger partial charge in [0, 0.05) is 0 Å². The van der Waals surface area contributed by atoms with Crippen LogP contribution in [0.25, 0.3) is 0 Å². The Labute approximate surface area is 128 Å². The average Bonchev–Trinajstić information content (AvgIpc) is 2.47. The normalized spacial score (nSPS) is 11.0. The second kappa shape index (κ2) is 6.07. The molecule has 0 radical (unpaired) electrons. The molecule has 2 rings (SSSR count). The summed E-state index contributed by atoms with van der Waals surface area (Å²) in [6.45, 7) is 1.86. The van der Waals surface area contributed by atoms with E-state index in [0.717, 1.165) is 5.56 Å². The number of aromatic carboxylic acids is 1. The highest BCUT2D eigenvalue weighted by molar-refractivity contribution is 7.92. The maximum Gasteiger partial charge on any atom is 0.335 e. The van der Waals surface area contributed by atoms with E-state index in [1.54, 1.807) is 12.1 Å². The molecule has 0 aliphatic rings. The standard InChI is InChI=1S/C15H15NO5S/c1-10-3-6-12(7-4-10)22(19,20)16-13-8-5-11(15(17)18)9-14(13)21-2/h3-9,16H,1-2H3,(H,17,18). The van der Waals surface area contributed by atoms with E-state index in [2.05, 4.69) is 4.72 Å². The van der Waals surface area contributed by atoms with Crippen LogP contribution in [0.3, 0.4) is 0 Å². The number of nitrogens with one attached hydrogen (secondary N) is 1. The van der Waals surface area contributed by atoms with Gasteiger partial charge in [-0.05, 0) is 37.3 Å². The van der Waals surface area contributed by atoms with Gasteiger partial charge in [0.05, 0.1) is 23.3 Å². The zero-order valence-corrected chi connectivity index (χ0v) is 12.8. The Morgan fingerprint density at radius 3 is 2.32 bits per heavy atom. The van der Waals surface area contributed by atoms with Crippen LogP contribution in [0.1, 0.15) is 15.9 Å². The van der Waals surface area contributed by atoms with Gasteiger partial charge in [0.2, 0.25) is 0 Å².